The monoisotopic (exact) mass is 500 g/mol. The molecule has 1 aromatic carbocycles. The van der Waals surface area contributed by atoms with E-state index < -0.39 is 0 Å². The van der Waals surface area contributed by atoms with Gasteiger partial charge in [-0.15, -0.1) is 0 Å². The Balaban J connectivity index is 1.32. The van der Waals surface area contributed by atoms with Gasteiger partial charge in [-0.25, -0.2) is 0 Å². The molecule has 3 heterocycles. The van der Waals surface area contributed by atoms with E-state index in [1.165, 1.54) is 5.56 Å². The molecule has 7 atom stereocenters. The van der Waals surface area contributed by atoms with E-state index in [0.717, 1.165) is 70.1 Å². The van der Waals surface area contributed by atoms with Gasteiger partial charge in [-0.05, 0) is 49.7 Å². The molecule has 7 heteroatoms. The van der Waals surface area contributed by atoms with Gasteiger partial charge in [0.05, 0.1) is 25.2 Å². The zero-order valence-corrected chi connectivity index (χ0v) is 21.3. The molecule has 0 radical (unpaired) electrons. The van der Waals surface area contributed by atoms with Crippen molar-refractivity contribution in [2.45, 2.75) is 95.3 Å². The Hall–Kier alpha value is -1.77. The van der Waals surface area contributed by atoms with Gasteiger partial charge >= 0.3 is 5.97 Å². The molecule has 36 heavy (non-hydrogen) atoms. The average Bonchev–Trinajstić information content (AvgIpc) is 3.39. The summed E-state index contributed by atoms with van der Waals surface area (Å²) in [6.07, 6.45) is 11.9. The van der Waals surface area contributed by atoms with Crippen LogP contribution >= 0.6 is 0 Å². The van der Waals surface area contributed by atoms with Crippen LogP contribution in [0.15, 0.2) is 36.4 Å². The molecular weight excluding hydrogens is 460 g/mol. The lowest BCUT2D eigenvalue weighted by Crippen LogP contribution is -2.31. The fraction of sp³-hybridized carbons (Fsp3) is 0.690. The first-order chi connectivity index (χ1) is 17.7. The molecule has 0 spiro atoms. The first-order valence-corrected chi connectivity index (χ1v) is 13.7. The molecule has 0 amide bonds. The molecule has 0 N–H and O–H groups in total. The standard InChI is InChI=1S/C29H40O7/c1-31-19-21-8-6-7-20(15-21)16-22(34-28-9-2-4-13-32-28)11-12-23-24-17-27(30)35-26(24)18-25(23)36-29-10-3-5-14-33-29/h6-8,11-12,15,22-26,28-29H,2-5,9-10,13-14,16-19H2,1H3/b12-11+/t22-,23-,24-,25-,26+,28?,29?/m1/s1. The highest BCUT2D eigenvalue weighted by molar-refractivity contribution is 5.72. The van der Waals surface area contributed by atoms with Crippen molar-refractivity contribution < 1.29 is 33.2 Å². The Bertz CT molecular complexity index is 874. The number of carbonyl (C=O) groups excluding carboxylic acids is 1. The van der Waals surface area contributed by atoms with Gasteiger partial charge in [-0.2, -0.15) is 0 Å². The predicted octanol–water partition coefficient (Wildman–Crippen LogP) is 4.71. The molecule has 7 nitrogen and oxygen atoms in total. The third kappa shape index (κ3) is 6.75. The van der Waals surface area contributed by atoms with Crippen LogP contribution in [0.4, 0.5) is 0 Å². The minimum Gasteiger partial charge on any atom is -0.462 e. The zero-order valence-electron chi connectivity index (χ0n) is 21.3. The van der Waals surface area contributed by atoms with E-state index in [2.05, 4.69) is 36.4 Å². The second-order valence-electron chi connectivity index (χ2n) is 10.5. The van der Waals surface area contributed by atoms with Gasteiger partial charge in [-0.3, -0.25) is 4.79 Å². The van der Waals surface area contributed by atoms with E-state index in [1.54, 1.807) is 7.11 Å². The SMILES string of the molecule is COCc1cccc(C[C@@H](/C=C/[C@@H]2[C@H]3CC(=O)O[C@H]3C[C@H]2OC2CCCCO2)OC2CCCCO2)c1. The lowest BCUT2D eigenvalue weighted by atomic mass is 9.91. The fourth-order valence-electron chi connectivity index (χ4n) is 6.00. The van der Waals surface area contributed by atoms with Gasteiger partial charge in [0.25, 0.3) is 0 Å². The quantitative estimate of drug-likeness (QED) is 0.340. The first kappa shape index (κ1) is 25.9. The molecule has 4 fully saturated rings. The van der Waals surface area contributed by atoms with Gasteiger partial charge < -0.3 is 28.4 Å². The van der Waals surface area contributed by atoms with Gasteiger partial charge in [-0.1, -0.05) is 36.4 Å². The van der Waals surface area contributed by atoms with Gasteiger partial charge in [0.1, 0.15) is 6.10 Å². The van der Waals surface area contributed by atoms with Crippen molar-refractivity contribution in [3.63, 3.8) is 0 Å². The van der Waals surface area contributed by atoms with Crippen LogP contribution in [0, 0.1) is 11.8 Å². The smallest absolute Gasteiger partial charge is 0.306 e. The van der Waals surface area contributed by atoms with Crippen LogP contribution in [0.25, 0.3) is 0 Å². The van der Waals surface area contributed by atoms with Crippen molar-refractivity contribution in [2.75, 3.05) is 20.3 Å². The molecule has 3 aliphatic heterocycles. The number of fused-ring (bicyclic) bond motifs is 1. The fourth-order valence-corrected chi connectivity index (χ4v) is 6.00. The maximum atomic E-state index is 12.1. The summed E-state index contributed by atoms with van der Waals surface area (Å²) in [7, 11) is 1.71. The van der Waals surface area contributed by atoms with Crippen molar-refractivity contribution in [3.05, 3.63) is 47.5 Å². The van der Waals surface area contributed by atoms with Crippen LogP contribution in [-0.2, 0) is 46.2 Å². The van der Waals surface area contributed by atoms with E-state index in [1.807, 2.05) is 0 Å². The summed E-state index contributed by atoms with van der Waals surface area (Å²) in [5.41, 5.74) is 2.34. The third-order valence-corrected chi connectivity index (χ3v) is 7.77. The molecule has 1 saturated carbocycles. The lowest BCUT2D eigenvalue weighted by Gasteiger charge is -2.29. The summed E-state index contributed by atoms with van der Waals surface area (Å²) in [6.45, 7) is 2.08. The molecule has 0 bridgehead atoms. The number of benzene rings is 1. The van der Waals surface area contributed by atoms with E-state index in [9.17, 15) is 4.79 Å². The molecule has 1 aliphatic carbocycles. The summed E-state index contributed by atoms with van der Waals surface area (Å²) < 4.78 is 35.6. The summed E-state index contributed by atoms with van der Waals surface area (Å²) in [6, 6.07) is 8.45. The molecule has 198 valence electrons. The number of hydrogen-bond donors (Lipinski definition) is 0. The molecular formula is C29H40O7. The second kappa shape index (κ2) is 12.7. The minimum absolute atomic E-state index is 0.0240. The largest absolute Gasteiger partial charge is 0.462 e. The minimum atomic E-state index is -0.189. The van der Waals surface area contributed by atoms with E-state index >= 15 is 0 Å². The molecule has 0 aromatic heterocycles. The highest BCUT2D eigenvalue weighted by Crippen LogP contribution is 2.44. The number of esters is 1. The van der Waals surface area contributed by atoms with Gasteiger partial charge in [0, 0.05) is 45.0 Å². The van der Waals surface area contributed by atoms with E-state index in [0.29, 0.717) is 13.0 Å². The topological polar surface area (TPSA) is 72.5 Å². The number of ether oxygens (including phenoxy) is 6. The van der Waals surface area contributed by atoms with Crippen molar-refractivity contribution in [1.82, 2.24) is 0 Å². The van der Waals surface area contributed by atoms with E-state index in [4.69, 9.17) is 28.4 Å². The molecule has 1 aromatic rings. The molecule has 2 unspecified atom stereocenters. The maximum absolute atomic E-state index is 12.1. The number of carbonyl (C=O) groups is 1. The summed E-state index contributed by atoms with van der Waals surface area (Å²) in [4.78, 5) is 12.1. The van der Waals surface area contributed by atoms with Crippen LogP contribution in [0.1, 0.15) is 62.5 Å². The van der Waals surface area contributed by atoms with Crippen molar-refractivity contribution in [3.8, 4) is 0 Å². The Morgan fingerprint density at radius 1 is 1.06 bits per heavy atom. The number of rotatable bonds is 10. The summed E-state index contributed by atoms with van der Waals surface area (Å²) >= 11 is 0. The first-order valence-electron chi connectivity index (χ1n) is 13.7. The lowest BCUT2D eigenvalue weighted by molar-refractivity contribution is -0.194. The Kier molecular flexibility index (Phi) is 9.09. The molecule has 4 aliphatic rings. The number of methoxy groups -OCH3 is 1. The molecule has 3 saturated heterocycles. The van der Waals surface area contributed by atoms with Gasteiger partial charge in [0.2, 0.25) is 0 Å². The average molecular weight is 501 g/mol. The summed E-state index contributed by atoms with van der Waals surface area (Å²) in [5, 5.41) is 0. The Labute approximate surface area is 214 Å². The molecule has 5 rings (SSSR count). The summed E-state index contributed by atoms with van der Waals surface area (Å²) in [5.74, 6) is 0.123. The third-order valence-electron chi connectivity index (χ3n) is 7.77. The highest BCUT2D eigenvalue weighted by atomic mass is 16.7. The van der Waals surface area contributed by atoms with Crippen LogP contribution < -0.4 is 0 Å². The van der Waals surface area contributed by atoms with Crippen LogP contribution in [0.5, 0.6) is 0 Å². The van der Waals surface area contributed by atoms with Gasteiger partial charge in [0.15, 0.2) is 12.6 Å². The van der Waals surface area contributed by atoms with Crippen LogP contribution in [-0.4, -0.2) is 57.2 Å². The normalized spacial score (nSPS) is 33.5. The second-order valence-corrected chi connectivity index (χ2v) is 10.5. The Morgan fingerprint density at radius 2 is 1.83 bits per heavy atom. The van der Waals surface area contributed by atoms with Crippen molar-refractivity contribution in [2.24, 2.45) is 11.8 Å². The maximum Gasteiger partial charge on any atom is 0.306 e. The van der Waals surface area contributed by atoms with Crippen molar-refractivity contribution in [1.29, 1.82) is 0 Å². The number of hydrogen-bond acceptors (Lipinski definition) is 7. The predicted molar refractivity (Wildman–Crippen MR) is 133 cm³/mol. The van der Waals surface area contributed by atoms with Crippen LogP contribution in [0.2, 0.25) is 0 Å². The van der Waals surface area contributed by atoms with E-state index in [-0.39, 0.29) is 48.7 Å². The van der Waals surface area contributed by atoms with Crippen LogP contribution in [0.3, 0.4) is 0 Å². The highest BCUT2D eigenvalue weighted by Gasteiger charge is 2.50. The zero-order chi connectivity index (χ0) is 24.7. The Morgan fingerprint density at radius 3 is 2.58 bits per heavy atom. The van der Waals surface area contributed by atoms with Crippen molar-refractivity contribution >= 4 is 5.97 Å².